The molecule has 1 aromatic rings. The van der Waals surface area contributed by atoms with E-state index in [0.29, 0.717) is 0 Å². The molecule has 1 aliphatic heterocycles. The standard InChI is InChI=1S/C13H18N2.2C3H6.C2H6/c1-2-3-12-4-6-13(7-5-12)15-10-8-14-9-11-15;2*1-3-2;1-2/h2-7,14H,8-11H2,1H3;2*3H,1H2,2H3;1-2H3/b3-2+;;;. The van der Waals surface area contributed by atoms with Gasteiger partial charge in [-0.15, -0.1) is 13.2 Å². The third-order valence-corrected chi connectivity index (χ3v) is 2.73. The van der Waals surface area contributed by atoms with Crippen molar-refractivity contribution in [2.45, 2.75) is 34.6 Å². The molecule has 0 bridgehead atoms. The molecule has 1 saturated heterocycles. The summed E-state index contributed by atoms with van der Waals surface area (Å²) in [7, 11) is 0. The minimum absolute atomic E-state index is 1.09. The van der Waals surface area contributed by atoms with Crippen LogP contribution in [0.5, 0.6) is 0 Å². The summed E-state index contributed by atoms with van der Waals surface area (Å²) in [4.78, 5) is 2.43. The molecule has 2 heteroatoms. The van der Waals surface area contributed by atoms with Crippen LogP contribution < -0.4 is 10.2 Å². The molecule has 0 aromatic heterocycles. The highest BCUT2D eigenvalue weighted by Gasteiger charge is 2.09. The van der Waals surface area contributed by atoms with Crippen molar-refractivity contribution in [2.75, 3.05) is 31.1 Å². The van der Waals surface area contributed by atoms with E-state index >= 15 is 0 Å². The van der Waals surface area contributed by atoms with E-state index in [9.17, 15) is 0 Å². The van der Waals surface area contributed by atoms with E-state index in [1.807, 2.05) is 34.6 Å². The number of rotatable bonds is 2. The summed E-state index contributed by atoms with van der Waals surface area (Å²) in [6.07, 6.45) is 7.70. The Kier molecular flexibility index (Phi) is 18.6. The van der Waals surface area contributed by atoms with Crippen LogP contribution in [0.1, 0.15) is 40.2 Å². The smallest absolute Gasteiger partial charge is 0.0367 e. The molecular formula is C21H36N2. The van der Waals surface area contributed by atoms with Crippen LogP contribution in [0.3, 0.4) is 0 Å². The molecule has 1 aliphatic rings. The third-order valence-electron chi connectivity index (χ3n) is 2.73. The lowest BCUT2D eigenvalue weighted by molar-refractivity contribution is 0.589. The van der Waals surface area contributed by atoms with Gasteiger partial charge in [-0.1, -0.05) is 50.3 Å². The fraction of sp³-hybridized carbons (Fsp3) is 0.429. The van der Waals surface area contributed by atoms with Crippen LogP contribution in [0.2, 0.25) is 0 Å². The molecule has 0 unspecified atom stereocenters. The predicted molar refractivity (Wildman–Crippen MR) is 109 cm³/mol. The van der Waals surface area contributed by atoms with Crippen LogP contribution >= 0.6 is 0 Å². The molecule has 1 N–H and O–H groups in total. The van der Waals surface area contributed by atoms with Gasteiger partial charge in [-0.25, -0.2) is 0 Å². The van der Waals surface area contributed by atoms with E-state index in [0.717, 1.165) is 26.2 Å². The van der Waals surface area contributed by atoms with Crippen molar-refractivity contribution in [3.05, 3.63) is 61.2 Å². The van der Waals surface area contributed by atoms with E-state index in [-0.39, 0.29) is 0 Å². The number of benzene rings is 1. The van der Waals surface area contributed by atoms with Crippen LogP contribution in [-0.2, 0) is 0 Å². The van der Waals surface area contributed by atoms with Gasteiger partial charge < -0.3 is 10.2 Å². The van der Waals surface area contributed by atoms with E-state index in [2.05, 4.69) is 59.8 Å². The second kappa shape index (κ2) is 18.2. The number of allylic oxidation sites excluding steroid dienone is 3. The Morgan fingerprint density at radius 2 is 1.35 bits per heavy atom. The van der Waals surface area contributed by atoms with Crippen molar-refractivity contribution in [3.63, 3.8) is 0 Å². The first-order valence-corrected chi connectivity index (χ1v) is 8.56. The second-order valence-electron chi connectivity index (χ2n) is 4.65. The van der Waals surface area contributed by atoms with Crippen molar-refractivity contribution in [1.82, 2.24) is 5.32 Å². The normalized spacial score (nSPS) is 12.7. The van der Waals surface area contributed by atoms with E-state index in [4.69, 9.17) is 0 Å². The van der Waals surface area contributed by atoms with Crippen molar-refractivity contribution in [1.29, 1.82) is 0 Å². The number of piperazine rings is 1. The Morgan fingerprint density at radius 3 is 1.74 bits per heavy atom. The highest BCUT2D eigenvalue weighted by Crippen LogP contribution is 2.16. The number of anilines is 1. The van der Waals surface area contributed by atoms with E-state index in [1.54, 1.807) is 12.2 Å². The lowest BCUT2D eigenvalue weighted by Crippen LogP contribution is -2.43. The average Bonchev–Trinajstić information content (AvgIpc) is 2.60. The summed E-state index contributed by atoms with van der Waals surface area (Å²) in [5, 5.41) is 3.36. The number of nitrogens with zero attached hydrogens (tertiary/aromatic N) is 1. The molecule has 0 radical (unpaired) electrons. The van der Waals surface area contributed by atoms with Crippen LogP contribution in [0.4, 0.5) is 5.69 Å². The summed E-state index contributed by atoms with van der Waals surface area (Å²) in [6, 6.07) is 8.77. The van der Waals surface area contributed by atoms with Gasteiger partial charge in [-0.05, 0) is 38.5 Å². The third kappa shape index (κ3) is 12.4. The zero-order valence-corrected chi connectivity index (χ0v) is 15.8. The lowest BCUT2D eigenvalue weighted by atomic mass is 10.1. The first-order chi connectivity index (χ1) is 11.2. The minimum atomic E-state index is 1.09. The van der Waals surface area contributed by atoms with Gasteiger partial charge >= 0.3 is 0 Å². The Morgan fingerprint density at radius 1 is 0.913 bits per heavy atom. The quantitative estimate of drug-likeness (QED) is 0.721. The average molecular weight is 317 g/mol. The van der Waals surface area contributed by atoms with Gasteiger partial charge in [0.25, 0.3) is 0 Å². The summed E-state index contributed by atoms with van der Waals surface area (Å²) in [5.74, 6) is 0. The van der Waals surface area contributed by atoms with Gasteiger partial charge in [-0.2, -0.15) is 0 Å². The molecule has 2 rings (SSSR count). The maximum Gasteiger partial charge on any atom is 0.0367 e. The first kappa shape index (κ1) is 23.5. The molecule has 2 nitrogen and oxygen atoms in total. The lowest BCUT2D eigenvalue weighted by Gasteiger charge is -2.29. The van der Waals surface area contributed by atoms with E-state index in [1.165, 1.54) is 11.3 Å². The van der Waals surface area contributed by atoms with Gasteiger partial charge in [0, 0.05) is 31.9 Å². The largest absolute Gasteiger partial charge is 0.369 e. The molecule has 0 saturated carbocycles. The van der Waals surface area contributed by atoms with E-state index < -0.39 is 0 Å². The molecule has 0 aliphatic carbocycles. The molecule has 1 heterocycles. The maximum atomic E-state index is 3.36. The van der Waals surface area contributed by atoms with Crippen molar-refractivity contribution in [2.24, 2.45) is 0 Å². The molecule has 0 spiro atoms. The fourth-order valence-electron chi connectivity index (χ4n) is 1.91. The van der Waals surface area contributed by atoms with Crippen molar-refractivity contribution in [3.8, 4) is 0 Å². The maximum absolute atomic E-state index is 3.36. The Labute approximate surface area is 144 Å². The van der Waals surface area contributed by atoms with Gasteiger partial charge in [0.05, 0.1) is 0 Å². The van der Waals surface area contributed by atoms with Crippen LogP contribution in [0.25, 0.3) is 6.08 Å². The second-order valence-corrected chi connectivity index (χ2v) is 4.65. The predicted octanol–water partition coefficient (Wildman–Crippen LogP) is 5.54. The van der Waals surface area contributed by atoms with Gasteiger partial charge in [0.15, 0.2) is 0 Å². The zero-order valence-electron chi connectivity index (χ0n) is 15.8. The van der Waals surface area contributed by atoms with Crippen LogP contribution in [-0.4, -0.2) is 26.2 Å². The molecule has 130 valence electrons. The Hall–Kier alpha value is -1.80. The van der Waals surface area contributed by atoms with Crippen molar-refractivity contribution >= 4 is 11.8 Å². The Bertz CT molecular complexity index is 392. The first-order valence-electron chi connectivity index (χ1n) is 8.56. The molecule has 1 fully saturated rings. The number of hydrogen-bond acceptors (Lipinski definition) is 2. The van der Waals surface area contributed by atoms with Gasteiger partial charge in [0.2, 0.25) is 0 Å². The monoisotopic (exact) mass is 316 g/mol. The summed E-state index contributed by atoms with van der Waals surface area (Å²) in [6.45, 7) is 21.0. The van der Waals surface area contributed by atoms with Crippen LogP contribution in [0, 0.1) is 0 Å². The molecule has 0 amide bonds. The number of nitrogens with one attached hydrogen (secondary N) is 1. The summed E-state index contributed by atoms with van der Waals surface area (Å²) < 4.78 is 0. The summed E-state index contributed by atoms with van der Waals surface area (Å²) >= 11 is 0. The zero-order chi connectivity index (χ0) is 17.9. The van der Waals surface area contributed by atoms with Crippen molar-refractivity contribution < 1.29 is 0 Å². The van der Waals surface area contributed by atoms with Gasteiger partial charge in [-0.3, -0.25) is 0 Å². The van der Waals surface area contributed by atoms with Gasteiger partial charge in [0.1, 0.15) is 0 Å². The SMILES string of the molecule is C/C=C/c1ccc(N2CCNCC2)cc1.C=CC.C=CC.CC. The molecular weight excluding hydrogens is 280 g/mol. The molecule has 1 aromatic carbocycles. The fourth-order valence-corrected chi connectivity index (χ4v) is 1.91. The topological polar surface area (TPSA) is 15.3 Å². The number of hydrogen-bond donors (Lipinski definition) is 1. The van der Waals surface area contributed by atoms with Crippen LogP contribution in [0.15, 0.2) is 55.7 Å². The molecule has 0 atom stereocenters. The highest BCUT2D eigenvalue weighted by molar-refractivity contribution is 5.55. The minimum Gasteiger partial charge on any atom is -0.369 e. The highest BCUT2D eigenvalue weighted by atomic mass is 15.2. The summed E-state index contributed by atoms with van der Waals surface area (Å²) in [5.41, 5.74) is 2.61. The molecule has 23 heavy (non-hydrogen) atoms. The Balaban J connectivity index is 0.